The molecule has 74 valence electrons. The second kappa shape index (κ2) is 4.11. The van der Waals surface area contributed by atoms with Gasteiger partial charge in [-0.3, -0.25) is 0 Å². The molecule has 2 rings (SSSR count). The fourth-order valence-electron chi connectivity index (χ4n) is 1.05. The Labute approximate surface area is 90.7 Å². The topological polar surface area (TPSA) is 38.9 Å². The molecule has 0 spiro atoms. The fraction of sp³-hybridized carbons (Fsp3) is 0.333. The highest BCUT2D eigenvalue weighted by molar-refractivity contribution is 7.08. The van der Waals surface area contributed by atoms with Gasteiger partial charge in [-0.25, -0.2) is 0 Å². The van der Waals surface area contributed by atoms with Crippen LogP contribution in [0.5, 0.6) is 0 Å². The third-order valence-electron chi connectivity index (χ3n) is 1.85. The first-order chi connectivity index (χ1) is 6.81. The van der Waals surface area contributed by atoms with Gasteiger partial charge in [-0.1, -0.05) is 12.1 Å². The molecular weight excluding hydrogens is 220 g/mol. The average Bonchev–Trinajstić information content (AvgIpc) is 2.86. The molecule has 0 amide bonds. The highest BCUT2D eigenvalue weighted by Gasteiger charge is 2.14. The van der Waals surface area contributed by atoms with Gasteiger partial charge in [0, 0.05) is 5.38 Å². The zero-order chi connectivity index (χ0) is 9.97. The van der Waals surface area contributed by atoms with Gasteiger partial charge >= 0.3 is 0 Å². The lowest BCUT2D eigenvalue weighted by molar-refractivity contribution is 0.421. The normalized spacial score (nSPS) is 13.0. The second-order valence-corrected chi connectivity index (χ2v) is 4.15. The van der Waals surface area contributed by atoms with E-state index in [0.29, 0.717) is 11.7 Å². The quantitative estimate of drug-likeness (QED) is 0.755. The molecular formula is C9H9ClN2OS. The predicted octanol–water partition coefficient (Wildman–Crippen LogP) is 3.49. The Morgan fingerprint density at radius 2 is 2.50 bits per heavy atom. The van der Waals surface area contributed by atoms with E-state index in [1.165, 1.54) is 0 Å². The van der Waals surface area contributed by atoms with Gasteiger partial charge in [-0.15, -0.1) is 11.6 Å². The molecule has 14 heavy (non-hydrogen) atoms. The van der Waals surface area contributed by atoms with Crippen LogP contribution >= 0.6 is 22.9 Å². The molecule has 0 bridgehead atoms. The van der Waals surface area contributed by atoms with E-state index in [0.717, 1.165) is 12.0 Å². The molecule has 1 unspecified atom stereocenters. The number of hydrogen-bond acceptors (Lipinski definition) is 4. The molecule has 0 aliphatic rings. The Morgan fingerprint density at radius 3 is 3.14 bits per heavy atom. The molecule has 2 aromatic heterocycles. The van der Waals surface area contributed by atoms with E-state index < -0.39 is 0 Å². The largest absolute Gasteiger partial charge is 0.334 e. The van der Waals surface area contributed by atoms with Crippen molar-refractivity contribution >= 4 is 22.9 Å². The molecule has 0 saturated heterocycles. The molecule has 1 atom stereocenters. The molecule has 0 N–H and O–H groups in total. The lowest BCUT2D eigenvalue weighted by Gasteiger charge is -1.95. The summed E-state index contributed by atoms with van der Waals surface area (Å²) in [4.78, 5) is 4.22. The van der Waals surface area contributed by atoms with Crippen molar-refractivity contribution < 1.29 is 4.52 Å². The Hall–Kier alpha value is -0.870. The molecule has 5 heteroatoms. The molecule has 0 saturated carbocycles. The van der Waals surface area contributed by atoms with Crippen LogP contribution in [0.3, 0.4) is 0 Å². The maximum absolute atomic E-state index is 5.98. The van der Waals surface area contributed by atoms with E-state index in [4.69, 9.17) is 16.1 Å². The summed E-state index contributed by atoms with van der Waals surface area (Å²) in [6.45, 7) is 1.98. The van der Waals surface area contributed by atoms with Crippen molar-refractivity contribution in [1.29, 1.82) is 0 Å². The lowest BCUT2D eigenvalue weighted by Crippen LogP contribution is -1.90. The van der Waals surface area contributed by atoms with Gasteiger partial charge in [0.2, 0.25) is 0 Å². The number of thiophene rings is 1. The number of rotatable bonds is 3. The minimum atomic E-state index is -0.161. The summed E-state index contributed by atoms with van der Waals surface area (Å²) >= 11 is 7.58. The SMILES string of the molecule is CCC(Cl)c1noc(-c2ccsc2)n1. The van der Waals surface area contributed by atoms with E-state index in [9.17, 15) is 0 Å². The van der Waals surface area contributed by atoms with Gasteiger partial charge in [-0.05, 0) is 17.9 Å². The summed E-state index contributed by atoms with van der Waals surface area (Å²) < 4.78 is 5.09. The van der Waals surface area contributed by atoms with Crippen LogP contribution < -0.4 is 0 Å². The monoisotopic (exact) mass is 228 g/mol. The summed E-state index contributed by atoms with van der Waals surface area (Å²) in [7, 11) is 0. The van der Waals surface area contributed by atoms with E-state index in [-0.39, 0.29) is 5.38 Å². The van der Waals surface area contributed by atoms with Crippen molar-refractivity contribution in [3.05, 3.63) is 22.7 Å². The van der Waals surface area contributed by atoms with Crippen molar-refractivity contribution in [2.24, 2.45) is 0 Å². The Balaban J connectivity index is 2.26. The van der Waals surface area contributed by atoms with Gasteiger partial charge < -0.3 is 4.52 Å². The summed E-state index contributed by atoms with van der Waals surface area (Å²) in [6.07, 6.45) is 0.796. The van der Waals surface area contributed by atoms with Crippen molar-refractivity contribution in [3.8, 4) is 11.5 Å². The van der Waals surface area contributed by atoms with Crippen molar-refractivity contribution in [3.63, 3.8) is 0 Å². The predicted molar refractivity (Wildman–Crippen MR) is 56.5 cm³/mol. The Bertz CT molecular complexity index is 399. The average molecular weight is 229 g/mol. The van der Waals surface area contributed by atoms with Crippen LogP contribution in [0, 0.1) is 0 Å². The molecule has 3 nitrogen and oxygen atoms in total. The van der Waals surface area contributed by atoms with E-state index in [2.05, 4.69) is 10.1 Å². The number of hydrogen-bond donors (Lipinski definition) is 0. The maximum atomic E-state index is 5.98. The Morgan fingerprint density at radius 1 is 1.64 bits per heavy atom. The number of nitrogens with zero attached hydrogens (tertiary/aromatic N) is 2. The first-order valence-electron chi connectivity index (χ1n) is 4.31. The highest BCUT2D eigenvalue weighted by atomic mass is 35.5. The van der Waals surface area contributed by atoms with Gasteiger partial charge in [0.05, 0.1) is 10.9 Å². The first-order valence-corrected chi connectivity index (χ1v) is 5.69. The fourth-order valence-corrected chi connectivity index (χ4v) is 1.77. The van der Waals surface area contributed by atoms with Gasteiger partial charge in [0.1, 0.15) is 0 Å². The van der Waals surface area contributed by atoms with Crippen LogP contribution in [-0.2, 0) is 0 Å². The first kappa shape index (κ1) is 9.68. The van der Waals surface area contributed by atoms with E-state index in [1.807, 2.05) is 23.8 Å². The van der Waals surface area contributed by atoms with Gasteiger partial charge in [0.15, 0.2) is 5.82 Å². The van der Waals surface area contributed by atoms with Crippen LogP contribution in [0.25, 0.3) is 11.5 Å². The molecule has 0 radical (unpaired) electrons. The van der Waals surface area contributed by atoms with Crippen LogP contribution in [-0.4, -0.2) is 10.1 Å². The second-order valence-electron chi connectivity index (χ2n) is 2.85. The van der Waals surface area contributed by atoms with Crippen LogP contribution in [0.4, 0.5) is 0 Å². The van der Waals surface area contributed by atoms with Crippen molar-refractivity contribution in [1.82, 2.24) is 10.1 Å². The molecule has 0 fully saturated rings. The minimum absolute atomic E-state index is 0.161. The van der Waals surface area contributed by atoms with Gasteiger partial charge in [-0.2, -0.15) is 16.3 Å². The molecule has 0 aromatic carbocycles. The maximum Gasteiger partial charge on any atom is 0.258 e. The van der Waals surface area contributed by atoms with Crippen LogP contribution in [0.1, 0.15) is 24.5 Å². The van der Waals surface area contributed by atoms with Gasteiger partial charge in [0.25, 0.3) is 5.89 Å². The molecule has 0 aliphatic carbocycles. The zero-order valence-electron chi connectivity index (χ0n) is 7.61. The van der Waals surface area contributed by atoms with Crippen LogP contribution in [0.2, 0.25) is 0 Å². The summed E-state index contributed by atoms with van der Waals surface area (Å²) in [5.74, 6) is 1.11. The number of alkyl halides is 1. The minimum Gasteiger partial charge on any atom is -0.334 e. The standard InChI is InChI=1S/C9H9ClN2OS/c1-2-7(10)8-11-9(13-12-8)6-3-4-14-5-6/h3-5,7H,2H2,1H3. The highest BCUT2D eigenvalue weighted by Crippen LogP contribution is 2.25. The third-order valence-corrected chi connectivity index (χ3v) is 3.04. The summed E-state index contributed by atoms with van der Waals surface area (Å²) in [5, 5.41) is 7.60. The van der Waals surface area contributed by atoms with E-state index >= 15 is 0 Å². The summed E-state index contributed by atoms with van der Waals surface area (Å²) in [5.41, 5.74) is 0.953. The van der Waals surface area contributed by atoms with Crippen LogP contribution in [0.15, 0.2) is 21.3 Å². The lowest BCUT2D eigenvalue weighted by atomic mass is 10.3. The molecule has 0 aliphatic heterocycles. The summed E-state index contributed by atoms with van der Waals surface area (Å²) in [6, 6.07) is 1.94. The zero-order valence-corrected chi connectivity index (χ0v) is 9.18. The molecule has 2 aromatic rings. The van der Waals surface area contributed by atoms with E-state index in [1.54, 1.807) is 11.3 Å². The van der Waals surface area contributed by atoms with Crippen molar-refractivity contribution in [2.75, 3.05) is 0 Å². The Kier molecular flexibility index (Phi) is 2.84. The number of halogens is 1. The smallest absolute Gasteiger partial charge is 0.258 e. The molecule has 2 heterocycles. The third kappa shape index (κ3) is 1.81. The number of aromatic nitrogens is 2. The van der Waals surface area contributed by atoms with Crippen molar-refractivity contribution in [2.45, 2.75) is 18.7 Å².